The van der Waals surface area contributed by atoms with Gasteiger partial charge in [-0.3, -0.25) is 0 Å². The standard InChI is InChI=1S/C56H39NO/c1-3-15-41-35-44(29-27-38(41)13-1)49-20-6-5-19-48(49)43-17-11-18-47(37-43)57(54-25-9-7-21-50(54)45-30-28-39-14-2-4-16-42(39)36-45)46-33-31-40(32-34-46)51-23-12-24-53-52-22-8-10-26-55(52)58-56(51)53/h1-7,9-21,23-37H,8,22H2. The molecule has 1 aliphatic rings. The van der Waals surface area contributed by atoms with Crippen molar-refractivity contribution < 1.29 is 4.42 Å². The smallest absolute Gasteiger partial charge is 0.142 e. The molecule has 0 N–H and O–H groups in total. The molecule has 0 fully saturated rings. The predicted octanol–water partition coefficient (Wildman–Crippen LogP) is 15.8. The van der Waals surface area contributed by atoms with E-state index in [0.29, 0.717) is 0 Å². The van der Waals surface area contributed by atoms with Crippen molar-refractivity contribution in [1.29, 1.82) is 0 Å². The zero-order valence-corrected chi connectivity index (χ0v) is 32.0. The number of rotatable bonds is 7. The molecule has 0 spiro atoms. The highest BCUT2D eigenvalue weighted by molar-refractivity contribution is 5.98. The third-order valence-corrected chi connectivity index (χ3v) is 11.7. The molecule has 0 amide bonds. The number of hydrogen-bond donors (Lipinski definition) is 0. The molecule has 0 atom stereocenters. The lowest BCUT2D eigenvalue weighted by molar-refractivity contribution is 0.596. The molecule has 0 saturated carbocycles. The highest BCUT2D eigenvalue weighted by Crippen LogP contribution is 2.44. The molecule has 1 aliphatic carbocycles. The molecule has 0 radical (unpaired) electrons. The minimum Gasteiger partial charge on any atom is -0.456 e. The topological polar surface area (TPSA) is 16.4 Å². The second-order valence-electron chi connectivity index (χ2n) is 15.2. The van der Waals surface area contributed by atoms with Gasteiger partial charge in [-0.2, -0.15) is 0 Å². The molecule has 0 aliphatic heterocycles. The SMILES string of the molecule is C1=Cc2oc3c(-c4ccc(N(c5cccc(-c6ccccc6-c6ccc7ccccc7c6)c5)c5ccccc5-c5ccc6ccccc6c5)cc4)cccc3c2CC1. The molecule has 2 nitrogen and oxygen atoms in total. The summed E-state index contributed by atoms with van der Waals surface area (Å²) in [7, 11) is 0. The van der Waals surface area contributed by atoms with E-state index in [1.807, 2.05) is 0 Å². The monoisotopic (exact) mass is 741 g/mol. The van der Waals surface area contributed by atoms with E-state index in [-0.39, 0.29) is 0 Å². The van der Waals surface area contributed by atoms with E-state index in [1.165, 1.54) is 60.3 Å². The summed E-state index contributed by atoms with van der Waals surface area (Å²) < 4.78 is 6.51. The fraction of sp³-hybridized carbons (Fsp3) is 0.0357. The highest BCUT2D eigenvalue weighted by atomic mass is 16.3. The van der Waals surface area contributed by atoms with Gasteiger partial charge in [0.2, 0.25) is 0 Å². The molecular formula is C56H39NO. The Morgan fingerprint density at radius 1 is 0.397 bits per heavy atom. The van der Waals surface area contributed by atoms with Gasteiger partial charge in [-0.1, -0.05) is 164 Å². The van der Waals surface area contributed by atoms with Gasteiger partial charge < -0.3 is 9.32 Å². The van der Waals surface area contributed by atoms with Gasteiger partial charge in [-0.15, -0.1) is 0 Å². The Morgan fingerprint density at radius 2 is 0.966 bits per heavy atom. The molecule has 0 bridgehead atoms. The minimum absolute atomic E-state index is 0.961. The van der Waals surface area contributed by atoms with Crippen LogP contribution in [0.1, 0.15) is 17.7 Å². The van der Waals surface area contributed by atoms with E-state index in [2.05, 4.69) is 217 Å². The van der Waals surface area contributed by atoms with Crippen LogP contribution in [-0.4, -0.2) is 0 Å². The van der Waals surface area contributed by atoms with Crippen molar-refractivity contribution in [3.05, 3.63) is 218 Å². The molecule has 9 aromatic carbocycles. The van der Waals surface area contributed by atoms with Gasteiger partial charge in [0.1, 0.15) is 11.3 Å². The number of anilines is 3. The van der Waals surface area contributed by atoms with Crippen LogP contribution in [0.25, 0.3) is 83.1 Å². The first-order chi connectivity index (χ1) is 28.7. The van der Waals surface area contributed by atoms with Gasteiger partial charge in [0.25, 0.3) is 0 Å². The zero-order valence-electron chi connectivity index (χ0n) is 32.0. The first-order valence-corrected chi connectivity index (χ1v) is 20.1. The average molecular weight is 742 g/mol. The predicted molar refractivity (Wildman–Crippen MR) is 245 cm³/mol. The largest absolute Gasteiger partial charge is 0.456 e. The summed E-state index contributed by atoms with van der Waals surface area (Å²) >= 11 is 0. The number of benzene rings is 9. The fourth-order valence-corrected chi connectivity index (χ4v) is 8.87. The van der Waals surface area contributed by atoms with Crippen LogP contribution in [0.5, 0.6) is 0 Å². The van der Waals surface area contributed by atoms with Crippen LogP contribution in [0.15, 0.2) is 211 Å². The van der Waals surface area contributed by atoms with Gasteiger partial charge in [-0.25, -0.2) is 0 Å². The number of para-hydroxylation sites is 2. The third-order valence-electron chi connectivity index (χ3n) is 11.7. The van der Waals surface area contributed by atoms with Crippen LogP contribution in [0.3, 0.4) is 0 Å². The Kier molecular flexibility index (Phi) is 8.33. The minimum atomic E-state index is 0.961. The Hall–Kier alpha value is -7.42. The summed E-state index contributed by atoms with van der Waals surface area (Å²) in [4.78, 5) is 2.41. The Morgan fingerprint density at radius 3 is 1.69 bits per heavy atom. The normalized spacial score (nSPS) is 12.3. The van der Waals surface area contributed by atoms with Gasteiger partial charge in [-0.05, 0) is 116 Å². The van der Waals surface area contributed by atoms with Gasteiger partial charge in [0.05, 0.1) is 5.69 Å². The third kappa shape index (κ3) is 5.98. The van der Waals surface area contributed by atoms with E-state index in [4.69, 9.17) is 4.42 Å². The van der Waals surface area contributed by atoms with Crippen LogP contribution < -0.4 is 4.90 Å². The number of fused-ring (bicyclic) bond motifs is 5. The molecule has 0 saturated heterocycles. The van der Waals surface area contributed by atoms with Crippen molar-refractivity contribution in [2.75, 3.05) is 4.90 Å². The lowest BCUT2D eigenvalue weighted by Gasteiger charge is -2.28. The van der Waals surface area contributed by atoms with Crippen molar-refractivity contribution in [1.82, 2.24) is 0 Å². The van der Waals surface area contributed by atoms with E-state index in [1.54, 1.807) is 0 Å². The molecule has 11 rings (SSSR count). The lowest BCUT2D eigenvalue weighted by atomic mass is 9.93. The van der Waals surface area contributed by atoms with E-state index < -0.39 is 0 Å². The Labute approximate surface area is 338 Å². The van der Waals surface area contributed by atoms with Crippen LogP contribution >= 0.6 is 0 Å². The number of nitrogens with zero attached hydrogens (tertiary/aromatic N) is 1. The van der Waals surface area contributed by atoms with E-state index >= 15 is 0 Å². The average Bonchev–Trinajstić information content (AvgIpc) is 3.68. The molecule has 0 unspecified atom stereocenters. The Bertz CT molecular complexity index is 3180. The second-order valence-corrected chi connectivity index (χ2v) is 15.2. The van der Waals surface area contributed by atoms with Crippen LogP contribution in [0, 0.1) is 0 Å². The van der Waals surface area contributed by atoms with Crippen LogP contribution in [0.2, 0.25) is 0 Å². The lowest BCUT2D eigenvalue weighted by Crippen LogP contribution is -2.11. The van der Waals surface area contributed by atoms with Crippen molar-refractivity contribution >= 4 is 55.7 Å². The molecule has 1 heterocycles. The van der Waals surface area contributed by atoms with Crippen molar-refractivity contribution in [3.63, 3.8) is 0 Å². The number of hydrogen-bond acceptors (Lipinski definition) is 2. The molecule has 58 heavy (non-hydrogen) atoms. The summed E-state index contributed by atoms with van der Waals surface area (Å²) in [5.74, 6) is 0.990. The molecule has 2 heteroatoms. The first kappa shape index (κ1) is 33.9. The van der Waals surface area contributed by atoms with Crippen molar-refractivity contribution in [2.45, 2.75) is 12.8 Å². The second kappa shape index (κ2) is 14.3. The number of furan rings is 1. The highest BCUT2D eigenvalue weighted by Gasteiger charge is 2.21. The summed E-state index contributed by atoms with van der Waals surface area (Å²) in [5.41, 5.74) is 14.9. The van der Waals surface area contributed by atoms with Gasteiger partial charge >= 0.3 is 0 Å². The maximum atomic E-state index is 6.51. The summed E-state index contributed by atoms with van der Waals surface area (Å²) in [5, 5.41) is 6.16. The van der Waals surface area contributed by atoms with Crippen molar-refractivity contribution in [3.8, 4) is 44.5 Å². The van der Waals surface area contributed by atoms with Crippen molar-refractivity contribution in [2.24, 2.45) is 0 Å². The number of aryl methyl sites for hydroxylation is 1. The maximum Gasteiger partial charge on any atom is 0.142 e. The zero-order chi connectivity index (χ0) is 38.4. The van der Waals surface area contributed by atoms with E-state index in [9.17, 15) is 0 Å². The Balaban J connectivity index is 1.06. The molecule has 10 aromatic rings. The van der Waals surface area contributed by atoms with Crippen LogP contribution in [0.4, 0.5) is 17.1 Å². The molecular weight excluding hydrogens is 703 g/mol. The number of allylic oxidation sites excluding steroid dienone is 1. The van der Waals surface area contributed by atoms with E-state index in [0.717, 1.165) is 57.9 Å². The maximum absolute atomic E-state index is 6.51. The fourth-order valence-electron chi connectivity index (χ4n) is 8.87. The summed E-state index contributed by atoms with van der Waals surface area (Å²) in [6, 6.07) is 72.8. The summed E-state index contributed by atoms with van der Waals surface area (Å²) in [6.45, 7) is 0. The molecule has 274 valence electrons. The first-order valence-electron chi connectivity index (χ1n) is 20.1. The summed E-state index contributed by atoms with van der Waals surface area (Å²) in [6.07, 6.45) is 6.40. The quantitative estimate of drug-likeness (QED) is 0.162. The van der Waals surface area contributed by atoms with Crippen LogP contribution in [-0.2, 0) is 6.42 Å². The molecule has 1 aromatic heterocycles. The van der Waals surface area contributed by atoms with Gasteiger partial charge in [0.15, 0.2) is 0 Å². The van der Waals surface area contributed by atoms with Gasteiger partial charge in [0, 0.05) is 33.5 Å².